The van der Waals surface area contributed by atoms with Crippen LogP contribution in [-0.2, 0) is 0 Å². The van der Waals surface area contributed by atoms with Gasteiger partial charge in [-0.2, -0.15) is 0 Å². The maximum Gasteiger partial charge on any atom is 0.160 e. The van der Waals surface area contributed by atoms with E-state index in [1.165, 1.54) is 32.8 Å². The second-order valence-corrected chi connectivity index (χ2v) is 10.2. The summed E-state index contributed by atoms with van der Waals surface area (Å²) >= 11 is 0. The van der Waals surface area contributed by atoms with Crippen LogP contribution in [0.5, 0.6) is 0 Å². The number of aromatic nitrogens is 2. The molecule has 1 N–H and O–H groups in total. The highest BCUT2D eigenvalue weighted by Crippen LogP contribution is 2.43. The first-order valence-corrected chi connectivity index (χ1v) is 13.3. The molecule has 0 saturated heterocycles. The lowest BCUT2D eigenvalue weighted by atomic mass is 10.1. The zero-order valence-electron chi connectivity index (χ0n) is 21.0. The molecule has 182 valence electrons. The SMILES string of the molecule is c1ccc(-c2ccc(-n3c4ccccc4c4ccc5c6ccc7[nH]c8ccccc8c7c6oc5c43)cc2)cc1. The van der Waals surface area contributed by atoms with E-state index in [1.54, 1.807) is 0 Å². The van der Waals surface area contributed by atoms with E-state index >= 15 is 0 Å². The minimum atomic E-state index is 0.920. The van der Waals surface area contributed by atoms with Gasteiger partial charge in [-0.1, -0.05) is 84.9 Å². The van der Waals surface area contributed by atoms with Gasteiger partial charge in [0.05, 0.1) is 21.9 Å². The number of hydrogen-bond acceptors (Lipinski definition) is 1. The van der Waals surface area contributed by atoms with Crippen LogP contribution in [0.4, 0.5) is 0 Å². The molecule has 0 unspecified atom stereocenters. The molecule has 0 atom stereocenters. The molecular weight excluding hydrogens is 476 g/mol. The van der Waals surface area contributed by atoms with Crippen LogP contribution in [0, 0.1) is 0 Å². The first-order chi connectivity index (χ1) is 19.3. The number of H-pyrrole nitrogens is 1. The monoisotopic (exact) mass is 498 g/mol. The fourth-order valence-electron chi connectivity index (χ4n) is 6.37. The summed E-state index contributed by atoms with van der Waals surface area (Å²) in [7, 11) is 0. The average Bonchev–Trinajstić information content (AvgIpc) is 3.67. The summed E-state index contributed by atoms with van der Waals surface area (Å²) < 4.78 is 9.25. The van der Waals surface area contributed by atoms with Gasteiger partial charge >= 0.3 is 0 Å². The second kappa shape index (κ2) is 7.62. The zero-order valence-corrected chi connectivity index (χ0v) is 21.0. The lowest BCUT2D eigenvalue weighted by Crippen LogP contribution is -1.94. The molecule has 9 aromatic rings. The first kappa shape index (κ1) is 20.7. The standard InChI is InChI=1S/C36H22N2O/c1-2-8-22(9-3-1)23-14-16-24(17-15-23)38-32-13-7-5-10-25(32)26-18-19-28-27-20-21-31-33(35(27)39-36(28)34(26)38)29-11-4-6-12-30(29)37-31/h1-21,37H. The van der Waals surface area contributed by atoms with E-state index in [9.17, 15) is 0 Å². The molecule has 6 aromatic carbocycles. The van der Waals surface area contributed by atoms with Crippen molar-refractivity contribution in [3.8, 4) is 16.8 Å². The van der Waals surface area contributed by atoms with Crippen LogP contribution in [0.2, 0.25) is 0 Å². The summed E-state index contributed by atoms with van der Waals surface area (Å²) in [5.74, 6) is 0. The number of nitrogens with one attached hydrogen (secondary N) is 1. The molecule has 0 radical (unpaired) electrons. The lowest BCUT2D eigenvalue weighted by Gasteiger charge is -2.09. The van der Waals surface area contributed by atoms with Crippen LogP contribution in [0.3, 0.4) is 0 Å². The van der Waals surface area contributed by atoms with Crippen LogP contribution in [0.1, 0.15) is 0 Å². The van der Waals surface area contributed by atoms with Gasteiger partial charge in [-0.3, -0.25) is 0 Å². The molecule has 3 nitrogen and oxygen atoms in total. The summed E-state index contributed by atoms with van der Waals surface area (Å²) in [6.07, 6.45) is 0. The largest absolute Gasteiger partial charge is 0.453 e. The summed E-state index contributed by atoms with van der Waals surface area (Å²) in [6, 6.07) is 45.3. The van der Waals surface area contributed by atoms with Gasteiger partial charge in [0, 0.05) is 38.1 Å². The van der Waals surface area contributed by atoms with Gasteiger partial charge in [-0.15, -0.1) is 0 Å². The van der Waals surface area contributed by atoms with E-state index in [0.29, 0.717) is 0 Å². The third-order valence-electron chi connectivity index (χ3n) is 8.14. The first-order valence-electron chi connectivity index (χ1n) is 13.3. The van der Waals surface area contributed by atoms with Gasteiger partial charge in [0.2, 0.25) is 0 Å². The van der Waals surface area contributed by atoms with E-state index in [-0.39, 0.29) is 0 Å². The highest BCUT2D eigenvalue weighted by molar-refractivity contribution is 6.27. The van der Waals surface area contributed by atoms with Crippen molar-refractivity contribution >= 4 is 65.6 Å². The van der Waals surface area contributed by atoms with Gasteiger partial charge in [0.25, 0.3) is 0 Å². The molecule has 0 amide bonds. The number of fused-ring (bicyclic) bond motifs is 11. The molecule has 3 heterocycles. The average molecular weight is 499 g/mol. The van der Waals surface area contributed by atoms with Crippen molar-refractivity contribution < 1.29 is 4.42 Å². The summed E-state index contributed by atoms with van der Waals surface area (Å²) in [5, 5.41) is 7.02. The molecule has 0 spiro atoms. The molecule has 3 aromatic heterocycles. The smallest absolute Gasteiger partial charge is 0.160 e. The number of aromatic amines is 1. The van der Waals surface area contributed by atoms with Crippen LogP contribution in [-0.4, -0.2) is 9.55 Å². The Balaban J connectivity index is 1.39. The van der Waals surface area contributed by atoms with Crippen molar-refractivity contribution in [1.29, 1.82) is 0 Å². The second-order valence-electron chi connectivity index (χ2n) is 10.2. The highest BCUT2D eigenvalue weighted by Gasteiger charge is 2.20. The summed E-state index contributed by atoms with van der Waals surface area (Å²) in [6.45, 7) is 0. The third kappa shape index (κ3) is 2.82. The van der Waals surface area contributed by atoms with Crippen LogP contribution in [0.15, 0.2) is 132 Å². The van der Waals surface area contributed by atoms with Crippen molar-refractivity contribution in [3.63, 3.8) is 0 Å². The molecule has 0 aliphatic rings. The van der Waals surface area contributed by atoms with E-state index in [4.69, 9.17) is 4.42 Å². The Hall–Kier alpha value is -5.28. The number of furan rings is 1. The quantitative estimate of drug-likeness (QED) is 0.253. The van der Waals surface area contributed by atoms with Crippen LogP contribution >= 0.6 is 0 Å². The van der Waals surface area contributed by atoms with Gasteiger partial charge in [0.1, 0.15) is 5.58 Å². The van der Waals surface area contributed by atoms with Gasteiger partial charge in [-0.25, -0.2) is 0 Å². The van der Waals surface area contributed by atoms with Crippen molar-refractivity contribution in [2.45, 2.75) is 0 Å². The Labute approximate surface area is 223 Å². The molecule has 3 heteroatoms. The van der Waals surface area contributed by atoms with Crippen molar-refractivity contribution in [2.75, 3.05) is 0 Å². The predicted octanol–water partition coefficient (Wildman–Crippen LogP) is 9.98. The summed E-state index contributed by atoms with van der Waals surface area (Å²) in [5.41, 5.74) is 9.88. The number of rotatable bonds is 2. The Morgan fingerprint density at radius 2 is 1.13 bits per heavy atom. The highest BCUT2D eigenvalue weighted by atomic mass is 16.3. The van der Waals surface area contributed by atoms with Crippen LogP contribution in [0.25, 0.3) is 82.4 Å². The molecule has 0 bridgehead atoms. The molecular formula is C36H22N2O. The Morgan fingerprint density at radius 3 is 2.00 bits per heavy atom. The topological polar surface area (TPSA) is 33.9 Å². The molecule has 0 aliphatic heterocycles. The molecule has 39 heavy (non-hydrogen) atoms. The third-order valence-corrected chi connectivity index (χ3v) is 8.14. The fraction of sp³-hybridized carbons (Fsp3) is 0. The van der Waals surface area contributed by atoms with E-state index in [2.05, 4.69) is 137 Å². The number of hydrogen-bond donors (Lipinski definition) is 1. The van der Waals surface area contributed by atoms with E-state index in [0.717, 1.165) is 49.6 Å². The van der Waals surface area contributed by atoms with E-state index < -0.39 is 0 Å². The normalized spacial score (nSPS) is 12.1. The Bertz CT molecular complexity index is 2370. The minimum Gasteiger partial charge on any atom is -0.453 e. The Kier molecular flexibility index (Phi) is 4.05. The van der Waals surface area contributed by atoms with Crippen molar-refractivity contribution in [3.05, 3.63) is 127 Å². The van der Waals surface area contributed by atoms with Gasteiger partial charge in [0.15, 0.2) is 5.58 Å². The maximum atomic E-state index is 6.89. The predicted molar refractivity (Wildman–Crippen MR) is 163 cm³/mol. The van der Waals surface area contributed by atoms with Gasteiger partial charge in [-0.05, 0) is 53.6 Å². The Morgan fingerprint density at radius 1 is 0.462 bits per heavy atom. The zero-order chi connectivity index (χ0) is 25.5. The van der Waals surface area contributed by atoms with Crippen molar-refractivity contribution in [1.82, 2.24) is 9.55 Å². The fourth-order valence-corrected chi connectivity index (χ4v) is 6.37. The lowest BCUT2D eigenvalue weighted by molar-refractivity contribution is 0.675. The number of para-hydroxylation sites is 2. The molecule has 0 aliphatic carbocycles. The molecule has 0 fully saturated rings. The van der Waals surface area contributed by atoms with Gasteiger partial charge < -0.3 is 14.0 Å². The molecule has 0 saturated carbocycles. The van der Waals surface area contributed by atoms with E-state index in [1.807, 2.05) is 0 Å². The van der Waals surface area contributed by atoms with Crippen molar-refractivity contribution in [2.24, 2.45) is 0 Å². The maximum absolute atomic E-state index is 6.89. The van der Waals surface area contributed by atoms with Crippen LogP contribution < -0.4 is 0 Å². The minimum absolute atomic E-state index is 0.920. The number of nitrogens with zero attached hydrogens (tertiary/aromatic N) is 1. The molecule has 9 rings (SSSR count). The number of benzene rings is 6. The summed E-state index contributed by atoms with van der Waals surface area (Å²) in [4.78, 5) is 3.56.